The van der Waals surface area contributed by atoms with Crippen LogP contribution in [0.4, 0.5) is 0 Å². The van der Waals surface area contributed by atoms with Crippen LogP contribution in [-0.2, 0) is 6.61 Å². The number of nitrogens with one attached hydrogen (secondary N) is 2. The lowest BCUT2D eigenvalue weighted by Gasteiger charge is -2.24. The van der Waals surface area contributed by atoms with Gasteiger partial charge in [0.05, 0.1) is 0 Å². The molecule has 0 spiro atoms. The summed E-state index contributed by atoms with van der Waals surface area (Å²) in [5.74, 6) is 0.818. The Kier molecular flexibility index (Phi) is 9.56. The van der Waals surface area contributed by atoms with Crippen molar-refractivity contribution >= 4 is 30.7 Å². The second kappa shape index (κ2) is 11.1. The molecule has 0 aliphatic carbocycles. The van der Waals surface area contributed by atoms with Crippen LogP contribution in [0.1, 0.15) is 39.9 Å². The van der Waals surface area contributed by atoms with Crippen molar-refractivity contribution in [3.63, 3.8) is 0 Å². The minimum Gasteiger partial charge on any atom is -0.488 e. The predicted octanol–water partition coefficient (Wildman–Crippen LogP) is 3.60. The van der Waals surface area contributed by atoms with Crippen LogP contribution in [0.5, 0.6) is 5.75 Å². The van der Waals surface area contributed by atoms with Gasteiger partial charge in [-0.1, -0.05) is 6.07 Å². The van der Waals surface area contributed by atoms with Crippen LogP contribution in [0.15, 0.2) is 36.7 Å². The summed E-state index contributed by atoms with van der Waals surface area (Å²) < 4.78 is 5.96. The van der Waals surface area contributed by atoms with Gasteiger partial charge in [-0.05, 0) is 62.6 Å². The summed E-state index contributed by atoms with van der Waals surface area (Å²) in [5.41, 5.74) is 3.65. The molecule has 148 valence electrons. The van der Waals surface area contributed by atoms with Gasteiger partial charge >= 0.3 is 0 Å². The van der Waals surface area contributed by atoms with E-state index < -0.39 is 0 Å². The number of benzene rings is 1. The van der Waals surface area contributed by atoms with Gasteiger partial charge in [-0.25, -0.2) is 0 Å². The third-order valence-electron chi connectivity index (χ3n) is 4.46. The number of carbonyl (C=O) groups is 1. The van der Waals surface area contributed by atoms with Gasteiger partial charge in [-0.3, -0.25) is 9.78 Å². The molecule has 1 unspecified atom stereocenters. The molecule has 0 bridgehead atoms. The van der Waals surface area contributed by atoms with Crippen molar-refractivity contribution in [2.45, 2.75) is 39.3 Å². The molecule has 2 N–H and O–H groups in total. The number of hydrogen-bond donors (Lipinski definition) is 2. The van der Waals surface area contributed by atoms with Crippen molar-refractivity contribution in [3.05, 3.63) is 58.9 Å². The number of carbonyl (C=O) groups excluding carboxylic acids is 1. The number of aryl methyl sites for hydroxylation is 2. The molecule has 1 aliphatic rings. The fraction of sp³-hybridized carbons (Fsp3) is 0.400. The number of ether oxygens (including phenoxy) is 1. The highest BCUT2D eigenvalue weighted by molar-refractivity contribution is 5.95. The molecule has 1 saturated heterocycles. The normalized spacial score (nSPS) is 15.9. The molecule has 1 aromatic carbocycles. The average Bonchev–Trinajstić information content (AvgIpc) is 2.62. The van der Waals surface area contributed by atoms with Gasteiger partial charge in [0.2, 0.25) is 0 Å². The van der Waals surface area contributed by atoms with Crippen LogP contribution >= 0.6 is 24.8 Å². The van der Waals surface area contributed by atoms with E-state index in [1.54, 1.807) is 12.4 Å². The van der Waals surface area contributed by atoms with Crippen molar-refractivity contribution in [3.8, 4) is 5.75 Å². The smallest absolute Gasteiger partial charge is 0.251 e. The second-order valence-corrected chi connectivity index (χ2v) is 6.61. The average molecular weight is 412 g/mol. The van der Waals surface area contributed by atoms with E-state index in [0.717, 1.165) is 48.4 Å². The van der Waals surface area contributed by atoms with Crippen LogP contribution < -0.4 is 15.4 Å². The number of pyridine rings is 1. The molecular weight excluding hydrogens is 385 g/mol. The quantitative estimate of drug-likeness (QED) is 0.788. The highest BCUT2D eigenvalue weighted by Crippen LogP contribution is 2.26. The first-order valence-corrected chi connectivity index (χ1v) is 8.78. The summed E-state index contributed by atoms with van der Waals surface area (Å²) in [6.07, 6.45) is 5.67. The molecule has 1 aromatic heterocycles. The standard InChI is InChI=1S/C20H25N3O2.2ClH/c1-14-9-17(20(24)23-18-6-4-8-22-12-18)10-15(2)19(14)25-13-16-5-3-7-21-11-16;;/h3,5,7,9-11,18,22H,4,6,8,12-13H2,1-2H3,(H,23,24);2*1H. The summed E-state index contributed by atoms with van der Waals surface area (Å²) >= 11 is 0. The molecular formula is C20H27Cl2N3O2. The van der Waals surface area contributed by atoms with E-state index in [2.05, 4.69) is 15.6 Å². The molecule has 5 nitrogen and oxygen atoms in total. The first-order valence-electron chi connectivity index (χ1n) is 8.78. The zero-order valence-corrected chi connectivity index (χ0v) is 17.3. The predicted molar refractivity (Wildman–Crippen MR) is 112 cm³/mol. The number of nitrogens with zero attached hydrogens (tertiary/aromatic N) is 1. The molecule has 1 fully saturated rings. The molecule has 0 radical (unpaired) electrons. The van der Waals surface area contributed by atoms with E-state index in [1.165, 1.54) is 0 Å². The van der Waals surface area contributed by atoms with Crippen molar-refractivity contribution in [1.82, 2.24) is 15.6 Å². The molecule has 2 aromatic rings. The lowest BCUT2D eigenvalue weighted by atomic mass is 10.0. The van der Waals surface area contributed by atoms with Crippen molar-refractivity contribution < 1.29 is 9.53 Å². The van der Waals surface area contributed by atoms with E-state index in [0.29, 0.717) is 12.2 Å². The Balaban J connectivity index is 0.00000182. The van der Waals surface area contributed by atoms with Gasteiger partial charge in [-0.2, -0.15) is 0 Å². The summed E-state index contributed by atoms with van der Waals surface area (Å²) in [5, 5.41) is 6.43. The number of halogens is 2. The van der Waals surface area contributed by atoms with Crippen LogP contribution in [0.25, 0.3) is 0 Å². The van der Waals surface area contributed by atoms with E-state index in [-0.39, 0.29) is 36.8 Å². The van der Waals surface area contributed by atoms with Crippen molar-refractivity contribution in [2.24, 2.45) is 0 Å². The van der Waals surface area contributed by atoms with E-state index in [9.17, 15) is 4.79 Å². The van der Waals surface area contributed by atoms with Crippen LogP contribution in [-0.4, -0.2) is 30.0 Å². The minimum absolute atomic E-state index is 0. The van der Waals surface area contributed by atoms with E-state index >= 15 is 0 Å². The Bertz CT molecular complexity index is 712. The zero-order chi connectivity index (χ0) is 17.6. The number of rotatable bonds is 5. The van der Waals surface area contributed by atoms with Crippen LogP contribution in [0.3, 0.4) is 0 Å². The van der Waals surface area contributed by atoms with E-state index in [4.69, 9.17) is 4.74 Å². The molecule has 1 atom stereocenters. The molecule has 1 aliphatic heterocycles. The first-order chi connectivity index (χ1) is 12.1. The Morgan fingerprint density at radius 1 is 1.30 bits per heavy atom. The maximum Gasteiger partial charge on any atom is 0.251 e. The van der Waals surface area contributed by atoms with Crippen molar-refractivity contribution in [1.29, 1.82) is 0 Å². The topological polar surface area (TPSA) is 63.2 Å². The Morgan fingerprint density at radius 2 is 2.04 bits per heavy atom. The maximum atomic E-state index is 12.5. The van der Waals surface area contributed by atoms with Gasteiger partial charge in [-0.15, -0.1) is 24.8 Å². The number of amides is 1. The van der Waals surface area contributed by atoms with Crippen LogP contribution in [0.2, 0.25) is 0 Å². The Morgan fingerprint density at radius 3 is 2.63 bits per heavy atom. The third kappa shape index (κ3) is 6.38. The number of aromatic nitrogens is 1. The summed E-state index contributed by atoms with van der Waals surface area (Å²) in [4.78, 5) is 16.6. The van der Waals surface area contributed by atoms with Gasteiger partial charge in [0.25, 0.3) is 5.91 Å². The highest BCUT2D eigenvalue weighted by Gasteiger charge is 2.18. The molecule has 2 heterocycles. The SMILES string of the molecule is Cc1cc(C(=O)NC2CCCNC2)cc(C)c1OCc1cccnc1.Cl.Cl. The fourth-order valence-electron chi connectivity index (χ4n) is 3.19. The zero-order valence-electron chi connectivity index (χ0n) is 15.7. The largest absolute Gasteiger partial charge is 0.488 e. The molecule has 7 heteroatoms. The summed E-state index contributed by atoms with van der Waals surface area (Å²) in [6, 6.07) is 7.89. The summed E-state index contributed by atoms with van der Waals surface area (Å²) in [7, 11) is 0. The van der Waals surface area contributed by atoms with Gasteiger partial charge < -0.3 is 15.4 Å². The lowest BCUT2D eigenvalue weighted by Crippen LogP contribution is -2.45. The molecule has 0 saturated carbocycles. The van der Waals surface area contributed by atoms with Gasteiger partial charge in [0.1, 0.15) is 12.4 Å². The fourth-order valence-corrected chi connectivity index (χ4v) is 3.19. The Labute approximate surface area is 173 Å². The highest BCUT2D eigenvalue weighted by atomic mass is 35.5. The third-order valence-corrected chi connectivity index (χ3v) is 4.46. The second-order valence-electron chi connectivity index (χ2n) is 6.61. The van der Waals surface area contributed by atoms with Crippen LogP contribution in [0, 0.1) is 13.8 Å². The lowest BCUT2D eigenvalue weighted by molar-refractivity contribution is 0.0930. The molecule has 3 rings (SSSR count). The summed E-state index contributed by atoms with van der Waals surface area (Å²) in [6.45, 7) is 6.30. The molecule has 27 heavy (non-hydrogen) atoms. The van der Waals surface area contributed by atoms with Gasteiger partial charge in [0, 0.05) is 36.1 Å². The first kappa shape index (κ1) is 23.2. The van der Waals surface area contributed by atoms with E-state index in [1.807, 2.05) is 38.1 Å². The monoisotopic (exact) mass is 411 g/mol. The van der Waals surface area contributed by atoms with Gasteiger partial charge in [0.15, 0.2) is 0 Å². The number of hydrogen-bond acceptors (Lipinski definition) is 4. The maximum absolute atomic E-state index is 12.5. The molecule has 1 amide bonds. The van der Waals surface area contributed by atoms with Crippen molar-refractivity contribution in [2.75, 3.05) is 13.1 Å². The number of piperidine rings is 1. The Hall–Kier alpha value is -1.82. The minimum atomic E-state index is -0.0151.